The number of fused-ring (bicyclic) bond motifs is 1. The fraction of sp³-hybridized carbons (Fsp3) is 0.360. The Morgan fingerprint density at radius 3 is 2.89 bits per heavy atom. The number of anilines is 2. The number of thioether (sulfide) groups is 1. The Morgan fingerprint density at radius 2 is 2.14 bits per heavy atom. The van der Waals surface area contributed by atoms with Crippen LogP contribution in [0.25, 0.3) is 0 Å². The first-order valence-electron chi connectivity index (χ1n) is 11.5. The van der Waals surface area contributed by atoms with Crippen LogP contribution in [0.4, 0.5) is 16.3 Å². The molecule has 1 aromatic carbocycles. The monoisotopic (exact) mass is 527 g/mol. The predicted octanol–water partition coefficient (Wildman–Crippen LogP) is 4.36. The van der Waals surface area contributed by atoms with Crippen LogP contribution in [-0.4, -0.2) is 62.0 Å². The van der Waals surface area contributed by atoms with E-state index in [0.717, 1.165) is 16.1 Å². The van der Waals surface area contributed by atoms with Crippen LogP contribution in [0.2, 0.25) is 0 Å². The van der Waals surface area contributed by atoms with Gasteiger partial charge in [0.15, 0.2) is 5.16 Å². The van der Waals surface area contributed by atoms with Crippen molar-refractivity contribution in [3.8, 4) is 0 Å². The lowest BCUT2D eigenvalue weighted by molar-refractivity contribution is 0.0364. The number of ether oxygens (including phenoxy) is 2. The number of hydrogen-bond acceptors (Lipinski definition) is 9. The Hall–Kier alpha value is -3.15. The minimum atomic E-state index is -0.461. The van der Waals surface area contributed by atoms with Crippen molar-refractivity contribution in [2.24, 2.45) is 0 Å². The lowest BCUT2D eigenvalue weighted by Crippen LogP contribution is -2.33. The molecule has 0 saturated heterocycles. The van der Waals surface area contributed by atoms with Crippen molar-refractivity contribution >= 4 is 46.6 Å². The first kappa shape index (κ1) is 25.9. The molecule has 2 aromatic heterocycles. The van der Waals surface area contributed by atoms with Gasteiger partial charge in [0.05, 0.1) is 19.8 Å². The Morgan fingerprint density at radius 1 is 1.28 bits per heavy atom. The lowest BCUT2D eigenvalue weighted by Gasteiger charge is -2.22. The van der Waals surface area contributed by atoms with Crippen LogP contribution in [0.5, 0.6) is 0 Å². The fourth-order valence-corrected chi connectivity index (χ4v) is 5.06. The smallest absolute Gasteiger partial charge is 0.406 e. The van der Waals surface area contributed by atoms with E-state index in [4.69, 9.17) is 4.74 Å². The summed E-state index contributed by atoms with van der Waals surface area (Å²) in [5, 5.41) is 5.36. The molecule has 0 bridgehead atoms. The zero-order chi connectivity index (χ0) is 25.5. The number of likely N-dealkylation sites (N-methyl/N-ethyl adjacent to an activating group) is 1. The predicted molar refractivity (Wildman–Crippen MR) is 142 cm³/mol. The molecule has 2 amide bonds. The zero-order valence-electron chi connectivity index (χ0n) is 20.5. The van der Waals surface area contributed by atoms with Crippen LogP contribution in [0.3, 0.4) is 0 Å². The molecule has 11 heteroatoms. The van der Waals surface area contributed by atoms with E-state index in [-0.39, 0.29) is 12.0 Å². The highest BCUT2D eigenvalue weighted by Crippen LogP contribution is 2.29. The minimum absolute atomic E-state index is 0.120. The number of methoxy groups -OCH3 is 1. The molecule has 0 aliphatic carbocycles. The minimum Gasteiger partial charge on any atom is -0.453 e. The van der Waals surface area contributed by atoms with Gasteiger partial charge in [0.2, 0.25) is 0 Å². The van der Waals surface area contributed by atoms with Gasteiger partial charge in [-0.1, -0.05) is 30.0 Å². The van der Waals surface area contributed by atoms with Gasteiger partial charge in [0, 0.05) is 43.4 Å². The number of nitrogens with zero attached hydrogens (tertiary/aromatic N) is 4. The van der Waals surface area contributed by atoms with Gasteiger partial charge in [-0.05, 0) is 41.8 Å². The molecule has 0 saturated carbocycles. The standard InChI is InChI=1S/C25H29N5O4S2/c1-29-11-12-30(23(31)19-15-27-24(35-3)28-22(19)29)18-7-4-6-17(14-18)16-34-20(21-8-5-13-36-21)9-10-26-25(32)33-2/h4-8,13-15,20H,9-12,16H2,1-3H3,(H,26,32). The summed E-state index contributed by atoms with van der Waals surface area (Å²) < 4.78 is 10.9. The number of rotatable bonds is 9. The number of aromatic nitrogens is 2. The van der Waals surface area contributed by atoms with E-state index in [1.807, 2.05) is 60.0 Å². The van der Waals surface area contributed by atoms with Gasteiger partial charge in [0.1, 0.15) is 11.4 Å². The molecule has 190 valence electrons. The van der Waals surface area contributed by atoms with Crippen molar-refractivity contribution in [2.75, 3.05) is 49.8 Å². The maximum Gasteiger partial charge on any atom is 0.406 e. The van der Waals surface area contributed by atoms with Gasteiger partial charge < -0.3 is 24.6 Å². The normalized spacial score (nSPS) is 14.2. The molecule has 1 N–H and O–H groups in total. The quantitative estimate of drug-likeness (QED) is 0.324. The number of alkyl carbamates (subject to hydrolysis) is 1. The average molecular weight is 528 g/mol. The number of benzene rings is 1. The van der Waals surface area contributed by atoms with E-state index in [2.05, 4.69) is 20.0 Å². The molecule has 3 heterocycles. The van der Waals surface area contributed by atoms with Crippen molar-refractivity contribution < 1.29 is 19.1 Å². The highest BCUT2D eigenvalue weighted by molar-refractivity contribution is 7.98. The van der Waals surface area contributed by atoms with Crippen LogP contribution in [0, 0.1) is 0 Å². The van der Waals surface area contributed by atoms with Gasteiger partial charge >= 0.3 is 6.09 Å². The molecular weight excluding hydrogens is 498 g/mol. The van der Waals surface area contributed by atoms with Crippen LogP contribution in [0.1, 0.15) is 33.3 Å². The summed E-state index contributed by atoms with van der Waals surface area (Å²) >= 11 is 3.07. The molecule has 1 atom stereocenters. The second kappa shape index (κ2) is 12.2. The largest absolute Gasteiger partial charge is 0.453 e. The third kappa shape index (κ3) is 6.15. The van der Waals surface area contributed by atoms with Crippen molar-refractivity contribution in [1.82, 2.24) is 15.3 Å². The van der Waals surface area contributed by atoms with E-state index < -0.39 is 6.09 Å². The lowest BCUT2D eigenvalue weighted by atomic mass is 10.1. The SMILES string of the molecule is COC(=O)NCCC(OCc1cccc(N2CCN(C)c3nc(SC)ncc3C2=O)c1)c1cccs1. The molecule has 1 aliphatic heterocycles. The molecule has 1 aliphatic rings. The molecule has 36 heavy (non-hydrogen) atoms. The molecular formula is C25H29N5O4S2. The maximum absolute atomic E-state index is 13.5. The van der Waals surface area contributed by atoms with Gasteiger partial charge in [-0.25, -0.2) is 14.8 Å². The first-order chi connectivity index (χ1) is 17.5. The summed E-state index contributed by atoms with van der Waals surface area (Å²) in [6.45, 7) is 1.98. The molecule has 0 fully saturated rings. The Kier molecular flexibility index (Phi) is 8.79. The topological polar surface area (TPSA) is 96.9 Å². The Bertz CT molecular complexity index is 1190. The number of carbonyl (C=O) groups is 2. The van der Waals surface area contributed by atoms with Gasteiger partial charge in [-0.2, -0.15) is 0 Å². The summed E-state index contributed by atoms with van der Waals surface area (Å²) in [5.41, 5.74) is 2.25. The third-order valence-electron chi connectivity index (χ3n) is 5.82. The summed E-state index contributed by atoms with van der Waals surface area (Å²) in [6, 6.07) is 11.8. The average Bonchev–Trinajstić information content (AvgIpc) is 3.41. The third-order valence-corrected chi connectivity index (χ3v) is 7.35. The molecule has 4 rings (SSSR count). The van der Waals surface area contributed by atoms with Crippen LogP contribution in [0.15, 0.2) is 53.1 Å². The van der Waals surface area contributed by atoms with E-state index in [9.17, 15) is 9.59 Å². The van der Waals surface area contributed by atoms with Crippen molar-refractivity contribution in [2.45, 2.75) is 24.3 Å². The van der Waals surface area contributed by atoms with Crippen molar-refractivity contribution in [3.63, 3.8) is 0 Å². The van der Waals surface area contributed by atoms with Crippen LogP contribution >= 0.6 is 23.1 Å². The molecule has 3 aromatic rings. The van der Waals surface area contributed by atoms with Gasteiger partial charge in [0.25, 0.3) is 5.91 Å². The highest BCUT2D eigenvalue weighted by Gasteiger charge is 2.28. The molecule has 1 unspecified atom stereocenters. The summed E-state index contributed by atoms with van der Waals surface area (Å²) in [4.78, 5) is 38.6. The van der Waals surface area contributed by atoms with Crippen LogP contribution in [-0.2, 0) is 16.1 Å². The van der Waals surface area contributed by atoms with E-state index in [1.54, 1.807) is 22.4 Å². The zero-order valence-corrected chi connectivity index (χ0v) is 22.1. The Labute approximate surface area is 218 Å². The number of amides is 2. The molecule has 0 radical (unpaired) electrons. The van der Waals surface area contributed by atoms with E-state index in [1.165, 1.54) is 18.9 Å². The molecule has 0 spiro atoms. The van der Waals surface area contributed by atoms with Crippen molar-refractivity contribution in [3.05, 3.63) is 64.0 Å². The summed E-state index contributed by atoms with van der Waals surface area (Å²) in [5.74, 6) is 0.533. The Balaban J connectivity index is 1.48. The second-order valence-electron chi connectivity index (χ2n) is 8.16. The summed E-state index contributed by atoms with van der Waals surface area (Å²) in [7, 11) is 3.28. The van der Waals surface area contributed by atoms with E-state index >= 15 is 0 Å². The number of hydrogen-bond donors (Lipinski definition) is 1. The number of nitrogens with one attached hydrogen (secondary N) is 1. The molecule has 9 nitrogen and oxygen atoms in total. The second-order valence-corrected chi connectivity index (χ2v) is 9.92. The highest BCUT2D eigenvalue weighted by atomic mass is 32.2. The number of carbonyl (C=O) groups excluding carboxylic acids is 2. The summed E-state index contributed by atoms with van der Waals surface area (Å²) in [6.07, 6.45) is 3.51. The van der Waals surface area contributed by atoms with Gasteiger partial charge in [-0.15, -0.1) is 11.3 Å². The fourth-order valence-electron chi connectivity index (χ4n) is 3.92. The van der Waals surface area contributed by atoms with Crippen molar-refractivity contribution in [1.29, 1.82) is 0 Å². The van der Waals surface area contributed by atoms with Crippen LogP contribution < -0.4 is 15.1 Å². The van der Waals surface area contributed by atoms with Gasteiger partial charge in [-0.3, -0.25) is 4.79 Å². The first-order valence-corrected chi connectivity index (χ1v) is 13.6. The number of thiophene rings is 1. The van der Waals surface area contributed by atoms with E-state index in [0.29, 0.717) is 49.2 Å². The maximum atomic E-state index is 13.5.